The third kappa shape index (κ3) is 3.49. The van der Waals surface area contributed by atoms with Crippen LogP contribution in [-0.4, -0.2) is 23.9 Å². The van der Waals surface area contributed by atoms with Crippen LogP contribution in [0.5, 0.6) is 0 Å². The highest BCUT2D eigenvalue weighted by Gasteiger charge is 2.21. The molecule has 0 saturated heterocycles. The second kappa shape index (κ2) is 6.95. The van der Waals surface area contributed by atoms with Gasteiger partial charge in [-0.2, -0.15) is 0 Å². The number of carbonyl (C=O) groups is 1. The summed E-state index contributed by atoms with van der Waals surface area (Å²) in [4.78, 5) is 14.6. The molecule has 0 heterocycles. The molecule has 0 unspecified atom stereocenters. The van der Waals surface area contributed by atoms with Crippen molar-refractivity contribution in [3.05, 3.63) is 48.0 Å². The Morgan fingerprint density at radius 1 is 1.00 bits per heavy atom. The average molecular weight is 295 g/mol. The van der Waals surface area contributed by atoms with Crippen LogP contribution in [0.15, 0.2) is 42.5 Å². The van der Waals surface area contributed by atoms with Crippen LogP contribution in [0.1, 0.15) is 44.1 Å². The predicted molar refractivity (Wildman–Crippen MR) is 91.9 cm³/mol. The lowest BCUT2D eigenvalue weighted by Gasteiger charge is -2.27. The first-order valence-electron chi connectivity index (χ1n) is 8.47. The topological polar surface area (TPSA) is 20.3 Å². The maximum absolute atomic E-state index is 12.6. The fourth-order valence-corrected chi connectivity index (χ4v) is 3.50. The molecule has 0 bridgehead atoms. The van der Waals surface area contributed by atoms with Crippen molar-refractivity contribution in [2.75, 3.05) is 7.05 Å². The molecule has 3 rings (SSSR count). The zero-order valence-corrected chi connectivity index (χ0v) is 13.4. The largest absolute Gasteiger partial charge is 0.342 e. The number of rotatable bonds is 3. The van der Waals surface area contributed by atoms with Gasteiger partial charge in [-0.05, 0) is 29.2 Å². The minimum atomic E-state index is 0.252. The maximum atomic E-state index is 12.6. The van der Waals surface area contributed by atoms with E-state index in [1.165, 1.54) is 49.3 Å². The summed E-state index contributed by atoms with van der Waals surface area (Å²) in [5, 5.41) is 2.45. The third-order valence-electron chi connectivity index (χ3n) is 4.94. The van der Waals surface area contributed by atoms with E-state index in [1.54, 1.807) is 0 Å². The van der Waals surface area contributed by atoms with Crippen molar-refractivity contribution in [3.8, 4) is 0 Å². The quantitative estimate of drug-likeness (QED) is 0.760. The van der Waals surface area contributed by atoms with Gasteiger partial charge in [0.1, 0.15) is 0 Å². The summed E-state index contributed by atoms with van der Waals surface area (Å²) >= 11 is 0. The molecule has 0 spiro atoms. The van der Waals surface area contributed by atoms with E-state index in [-0.39, 0.29) is 5.91 Å². The van der Waals surface area contributed by atoms with Crippen LogP contribution in [0, 0.1) is 0 Å². The van der Waals surface area contributed by atoms with Gasteiger partial charge in [-0.25, -0.2) is 0 Å². The monoisotopic (exact) mass is 295 g/mol. The van der Waals surface area contributed by atoms with Crippen LogP contribution in [0.2, 0.25) is 0 Å². The van der Waals surface area contributed by atoms with Crippen molar-refractivity contribution in [2.24, 2.45) is 0 Å². The number of hydrogen-bond acceptors (Lipinski definition) is 1. The Morgan fingerprint density at radius 2 is 1.68 bits per heavy atom. The van der Waals surface area contributed by atoms with E-state index in [4.69, 9.17) is 0 Å². The molecular formula is C20H25NO. The molecule has 2 aromatic carbocycles. The van der Waals surface area contributed by atoms with Crippen LogP contribution >= 0.6 is 0 Å². The van der Waals surface area contributed by atoms with Crippen molar-refractivity contribution in [3.63, 3.8) is 0 Å². The second-order valence-electron chi connectivity index (χ2n) is 6.51. The van der Waals surface area contributed by atoms with E-state index in [2.05, 4.69) is 30.3 Å². The molecule has 1 aliphatic carbocycles. The lowest BCUT2D eigenvalue weighted by molar-refractivity contribution is -0.131. The summed E-state index contributed by atoms with van der Waals surface area (Å²) in [6, 6.07) is 15.1. The lowest BCUT2D eigenvalue weighted by atomic mass is 10.0. The normalized spacial score (nSPS) is 16.4. The molecule has 2 aromatic rings. The first kappa shape index (κ1) is 15.1. The molecule has 0 aromatic heterocycles. The maximum Gasteiger partial charge on any atom is 0.226 e. The van der Waals surface area contributed by atoms with Gasteiger partial charge < -0.3 is 4.90 Å². The summed E-state index contributed by atoms with van der Waals surface area (Å²) in [6.07, 6.45) is 8.01. The van der Waals surface area contributed by atoms with E-state index < -0.39 is 0 Å². The summed E-state index contributed by atoms with van der Waals surface area (Å²) < 4.78 is 0. The molecule has 0 radical (unpaired) electrons. The van der Waals surface area contributed by atoms with Crippen molar-refractivity contribution >= 4 is 16.7 Å². The van der Waals surface area contributed by atoms with Crippen molar-refractivity contribution in [1.82, 2.24) is 4.90 Å². The van der Waals surface area contributed by atoms with Gasteiger partial charge >= 0.3 is 0 Å². The van der Waals surface area contributed by atoms with Gasteiger partial charge in [0.25, 0.3) is 0 Å². The van der Waals surface area contributed by atoms with E-state index in [9.17, 15) is 4.79 Å². The highest BCUT2D eigenvalue weighted by atomic mass is 16.2. The van der Waals surface area contributed by atoms with Crippen molar-refractivity contribution in [1.29, 1.82) is 0 Å². The number of benzene rings is 2. The standard InChI is InChI=1S/C20H25NO/c1-21(19-10-4-2-3-5-11-19)20(22)15-16-12-13-17-8-6-7-9-18(17)14-16/h6-9,12-14,19H,2-5,10-11,15H2,1H3. The zero-order chi connectivity index (χ0) is 15.4. The fourth-order valence-electron chi connectivity index (χ4n) is 3.50. The molecule has 2 heteroatoms. The smallest absolute Gasteiger partial charge is 0.226 e. The Hall–Kier alpha value is -1.83. The molecule has 0 aliphatic heterocycles. The lowest BCUT2D eigenvalue weighted by Crippen LogP contribution is -2.37. The minimum Gasteiger partial charge on any atom is -0.342 e. The van der Waals surface area contributed by atoms with Crippen LogP contribution in [0.25, 0.3) is 10.8 Å². The molecule has 1 aliphatic rings. The van der Waals surface area contributed by atoms with E-state index in [0.29, 0.717) is 12.5 Å². The van der Waals surface area contributed by atoms with Gasteiger partial charge in [0.05, 0.1) is 6.42 Å². The number of hydrogen-bond donors (Lipinski definition) is 0. The zero-order valence-electron chi connectivity index (χ0n) is 13.4. The molecule has 1 fully saturated rings. The second-order valence-corrected chi connectivity index (χ2v) is 6.51. The minimum absolute atomic E-state index is 0.252. The molecular weight excluding hydrogens is 270 g/mol. The van der Waals surface area contributed by atoms with Gasteiger partial charge in [-0.15, -0.1) is 0 Å². The summed E-state index contributed by atoms with van der Waals surface area (Å²) in [5.74, 6) is 0.252. The molecule has 2 nitrogen and oxygen atoms in total. The summed E-state index contributed by atoms with van der Waals surface area (Å²) in [7, 11) is 1.99. The fraction of sp³-hybridized carbons (Fsp3) is 0.450. The van der Waals surface area contributed by atoms with Crippen LogP contribution in [0.3, 0.4) is 0 Å². The number of nitrogens with zero attached hydrogens (tertiary/aromatic N) is 1. The molecule has 1 saturated carbocycles. The van der Waals surface area contributed by atoms with Gasteiger partial charge in [0, 0.05) is 13.1 Å². The summed E-state index contributed by atoms with van der Waals surface area (Å²) in [5.41, 5.74) is 1.11. The molecule has 22 heavy (non-hydrogen) atoms. The Bertz CT molecular complexity index is 641. The Balaban J connectivity index is 1.68. The first-order valence-corrected chi connectivity index (χ1v) is 8.47. The number of fused-ring (bicyclic) bond motifs is 1. The first-order chi connectivity index (χ1) is 10.7. The Kier molecular flexibility index (Phi) is 4.77. The molecule has 1 amide bonds. The Morgan fingerprint density at radius 3 is 2.41 bits per heavy atom. The SMILES string of the molecule is CN(C(=O)Cc1ccc2ccccc2c1)C1CCCCCC1. The number of amides is 1. The van der Waals surface area contributed by atoms with Crippen molar-refractivity contribution < 1.29 is 4.79 Å². The predicted octanol–water partition coefficient (Wildman–Crippen LogP) is 4.56. The average Bonchev–Trinajstić information content (AvgIpc) is 2.83. The van der Waals surface area contributed by atoms with E-state index in [1.807, 2.05) is 24.1 Å². The van der Waals surface area contributed by atoms with Crippen LogP contribution in [-0.2, 0) is 11.2 Å². The van der Waals surface area contributed by atoms with Crippen molar-refractivity contribution in [2.45, 2.75) is 51.0 Å². The number of likely N-dealkylation sites (N-methyl/N-ethyl adjacent to an activating group) is 1. The molecule has 0 N–H and O–H groups in total. The molecule has 116 valence electrons. The highest BCUT2D eigenvalue weighted by Crippen LogP contribution is 2.22. The van der Waals surface area contributed by atoms with Crippen LogP contribution in [0.4, 0.5) is 0 Å². The van der Waals surface area contributed by atoms with Gasteiger partial charge in [-0.3, -0.25) is 4.79 Å². The molecule has 0 atom stereocenters. The van der Waals surface area contributed by atoms with E-state index >= 15 is 0 Å². The number of carbonyl (C=O) groups excluding carboxylic acids is 1. The van der Waals surface area contributed by atoms with Gasteiger partial charge in [0.15, 0.2) is 0 Å². The van der Waals surface area contributed by atoms with Gasteiger partial charge in [-0.1, -0.05) is 68.1 Å². The van der Waals surface area contributed by atoms with E-state index in [0.717, 1.165) is 5.56 Å². The Labute approximate surface area is 133 Å². The van der Waals surface area contributed by atoms with Crippen LogP contribution < -0.4 is 0 Å². The van der Waals surface area contributed by atoms with Gasteiger partial charge in [0.2, 0.25) is 5.91 Å². The summed E-state index contributed by atoms with van der Waals surface area (Å²) in [6.45, 7) is 0. The third-order valence-corrected chi connectivity index (χ3v) is 4.94. The highest BCUT2D eigenvalue weighted by molar-refractivity contribution is 5.85.